The molecule has 0 aromatic heterocycles. The van der Waals surface area contributed by atoms with Gasteiger partial charge in [0.05, 0.1) is 11.2 Å². The van der Waals surface area contributed by atoms with Crippen LogP contribution >= 0.6 is 23.2 Å². The normalized spacial score (nSPS) is 15.2. The van der Waals surface area contributed by atoms with Gasteiger partial charge in [0.15, 0.2) is 0 Å². The Hall–Kier alpha value is -1.59. The Bertz CT molecular complexity index is 569. The van der Waals surface area contributed by atoms with Crippen LogP contribution < -0.4 is 5.43 Å². The largest absolute Gasteiger partial charge is 0.334 e. The monoisotopic (exact) mass is 327 g/mol. The second-order valence-corrected chi connectivity index (χ2v) is 5.56. The van der Waals surface area contributed by atoms with Gasteiger partial charge in [-0.15, -0.1) is 0 Å². The first-order chi connectivity index (χ1) is 10.1. The molecule has 7 heteroatoms. The number of hydrogen-bond donors (Lipinski definition) is 1. The summed E-state index contributed by atoms with van der Waals surface area (Å²) in [7, 11) is 0. The molecule has 1 fully saturated rings. The summed E-state index contributed by atoms with van der Waals surface area (Å²) in [6.07, 6.45) is 4.34. The van der Waals surface area contributed by atoms with Crippen LogP contribution in [0.5, 0.6) is 0 Å². The fourth-order valence-corrected chi connectivity index (χ4v) is 2.51. The van der Waals surface area contributed by atoms with Crippen LogP contribution in [0.3, 0.4) is 0 Å². The quantitative estimate of drug-likeness (QED) is 0.515. The number of hydrazone groups is 1. The minimum atomic E-state index is -0.738. The summed E-state index contributed by atoms with van der Waals surface area (Å²) < 4.78 is 0. The molecule has 0 saturated carbocycles. The van der Waals surface area contributed by atoms with Crippen molar-refractivity contribution in [2.24, 2.45) is 5.10 Å². The number of nitrogens with zero attached hydrogens (tertiary/aromatic N) is 2. The molecule has 1 N–H and O–H groups in total. The highest BCUT2D eigenvalue weighted by molar-refractivity contribution is 6.36. The number of hydrogen-bond acceptors (Lipinski definition) is 3. The van der Waals surface area contributed by atoms with E-state index in [0.717, 1.165) is 19.3 Å². The number of nitrogens with one attached hydrogen (secondary N) is 1. The van der Waals surface area contributed by atoms with Crippen LogP contribution in [0.4, 0.5) is 0 Å². The minimum Gasteiger partial charge on any atom is -0.334 e. The van der Waals surface area contributed by atoms with E-state index in [1.807, 2.05) is 0 Å². The van der Waals surface area contributed by atoms with Gasteiger partial charge in [-0.05, 0) is 31.4 Å². The van der Waals surface area contributed by atoms with Crippen molar-refractivity contribution in [3.63, 3.8) is 0 Å². The Labute approximate surface area is 132 Å². The first-order valence-corrected chi connectivity index (χ1v) is 7.41. The average molecular weight is 328 g/mol. The van der Waals surface area contributed by atoms with Crippen molar-refractivity contribution in [2.45, 2.75) is 19.3 Å². The molecule has 112 valence electrons. The predicted octanol–water partition coefficient (Wildman–Crippen LogP) is 2.46. The number of halogens is 2. The van der Waals surface area contributed by atoms with Gasteiger partial charge in [0, 0.05) is 23.7 Å². The van der Waals surface area contributed by atoms with E-state index in [2.05, 4.69) is 10.5 Å². The Morgan fingerprint density at radius 2 is 1.90 bits per heavy atom. The maximum Gasteiger partial charge on any atom is 0.329 e. The van der Waals surface area contributed by atoms with Gasteiger partial charge in [-0.3, -0.25) is 9.59 Å². The van der Waals surface area contributed by atoms with Crippen molar-refractivity contribution in [3.05, 3.63) is 33.8 Å². The molecule has 1 aliphatic rings. The molecule has 0 unspecified atom stereocenters. The molecule has 5 nitrogen and oxygen atoms in total. The highest BCUT2D eigenvalue weighted by Gasteiger charge is 2.22. The molecule has 0 spiro atoms. The smallest absolute Gasteiger partial charge is 0.329 e. The topological polar surface area (TPSA) is 61.8 Å². The van der Waals surface area contributed by atoms with Crippen LogP contribution in [-0.2, 0) is 9.59 Å². The molecular weight excluding hydrogens is 313 g/mol. The third-order valence-corrected chi connectivity index (χ3v) is 3.73. The van der Waals surface area contributed by atoms with E-state index in [-0.39, 0.29) is 0 Å². The lowest BCUT2D eigenvalue weighted by atomic mass is 10.1. The molecule has 1 saturated heterocycles. The lowest BCUT2D eigenvalue weighted by Gasteiger charge is -2.25. The van der Waals surface area contributed by atoms with Crippen LogP contribution in [-0.4, -0.2) is 36.0 Å². The highest BCUT2D eigenvalue weighted by Crippen LogP contribution is 2.19. The number of piperidine rings is 1. The van der Waals surface area contributed by atoms with Gasteiger partial charge >= 0.3 is 11.8 Å². The molecule has 2 amide bonds. The highest BCUT2D eigenvalue weighted by atomic mass is 35.5. The molecule has 0 atom stereocenters. The summed E-state index contributed by atoms with van der Waals surface area (Å²) in [6, 6.07) is 4.91. The van der Waals surface area contributed by atoms with Crippen molar-refractivity contribution in [1.29, 1.82) is 0 Å². The molecular formula is C14H15Cl2N3O2. The summed E-state index contributed by atoms with van der Waals surface area (Å²) in [5, 5.41) is 4.68. The summed E-state index contributed by atoms with van der Waals surface area (Å²) in [6.45, 7) is 1.25. The van der Waals surface area contributed by atoms with Crippen LogP contribution in [0.2, 0.25) is 10.0 Å². The van der Waals surface area contributed by atoms with Gasteiger partial charge in [-0.2, -0.15) is 5.10 Å². The summed E-state index contributed by atoms with van der Waals surface area (Å²) in [5.41, 5.74) is 2.82. The number of rotatable bonds is 2. The molecule has 21 heavy (non-hydrogen) atoms. The number of carbonyl (C=O) groups is 2. The number of likely N-dealkylation sites (tertiary alicyclic amines) is 1. The summed E-state index contributed by atoms with van der Waals surface area (Å²) in [4.78, 5) is 25.1. The number of carbonyl (C=O) groups excluding carboxylic acids is 2. The third-order valence-electron chi connectivity index (χ3n) is 3.17. The fraction of sp³-hybridized carbons (Fsp3) is 0.357. The van der Waals surface area contributed by atoms with Crippen molar-refractivity contribution < 1.29 is 9.59 Å². The second-order valence-electron chi connectivity index (χ2n) is 4.72. The number of amides is 2. The van der Waals surface area contributed by atoms with Gasteiger partial charge < -0.3 is 4.90 Å². The van der Waals surface area contributed by atoms with E-state index >= 15 is 0 Å². The van der Waals surface area contributed by atoms with Gasteiger partial charge in [-0.25, -0.2) is 5.43 Å². The van der Waals surface area contributed by atoms with Crippen molar-refractivity contribution >= 4 is 41.2 Å². The van der Waals surface area contributed by atoms with E-state index in [4.69, 9.17) is 23.2 Å². The van der Waals surface area contributed by atoms with E-state index in [9.17, 15) is 9.59 Å². The fourth-order valence-electron chi connectivity index (χ4n) is 2.06. The van der Waals surface area contributed by atoms with Crippen molar-refractivity contribution in [1.82, 2.24) is 10.3 Å². The summed E-state index contributed by atoms with van der Waals surface area (Å²) in [5.74, 6) is -1.28. The lowest BCUT2D eigenvalue weighted by molar-refractivity contribution is -0.146. The number of benzene rings is 1. The average Bonchev–Trinajstić information content (AvgIpc) is 2.49. The predicted molar refractivity (Wildman–Crippen MR) is 82.6 cm³/mol. The van der Waals surface area contributed by atoms with Crippen LogP contribution in [0.25, 0.3) is 0 Å². The maximum atomic E-state index is 11.8. The molecule has 1 heterocycles. The zero-order chi connectivity index (χ0) is 15.2. The minimum absolute atomic E-state index is 0.419. The SMILES string of the molecule is O=C(N/N=C\c1ccc(Cl)cc1Cl)C(=O)N1CCCCC1. The first-order valence-electron chi connectivity index (χ1n) is 6.65. The standard InChI is InChI=1S/C14H15Cl2N3O2/c15-11-5-4-10(12(16)8-11)9-17-18-13(20)14(21)19-6-2-1-3-7-19/h4-5,8-9H,1-3,6-7H2,(H,18,20)/b17-9-. The van der Waals surface area contributed by atoms with E-state index in [0.29, 0.717) is 28.7 Å². The molecule has 0 aliphatic carbocycles. The molecule has 1 aromatic carbocycles. The Kier molecular flexibility index (Phi) is 5.59. The van der Waals surface area contributed by atoms with Crippen LogP contribution in [0.15, 0.2) is 23.3 Å². The van der Waals surface area contributed by atoms with Gasteiger partial charge in [0.2, 0.25) is 0 Å². The zero-order valence-corrected chi connectivity index (χ0v) is 12.8. The lowest BCUT2D eigenvalue weighted by Crippen LogP contribution is -2.43. The zero-order valence-electron chi connectivity index (χ0n) is 11.3. The Balaban J connectivity index is 1.90. The van der Waals surface area contributed by atoms with Crippen molar-refractivity contribution in [2.75, 3.05) is 13.1 Å². The molecule has 0 radical (unpaired) electrons. The van der Waals surface area contributed by atoms with E-state index < -0.39 is 11.8 Å². The van der Waals surface area contributed by atoms with E-state index in [1.54, 1.807) is 23.1 Å². The summed E-state index contributed by atoms with van der Waals surface area (Å²) >= 11 is 11.7. The Morgan fingerprint density at radius 3 is 2.57 bits per heavy atom. The molecule has 0 bridgehead atoms. The molecule has 1 aromatic rings. The van der Waals surface area contributed by atoms with Gasteiger partial charge in [-0.1, -0.05) is 29.3 Å². The molecule has 1 aliphatic heterocycles. The van der Waals surface area contributed by atoms with Crippen molar-refractivity contribution in [3.8, 4) is 0 Å². The van der Waals surface area contributed by atoms with E-state index in [1.165, 1.54) is 6.21 Å². The van der Waals surface area contributed by atoms with Crippen LogP contribution in [0.1, 0.15) is 24.8 Å². The van der Waals surface area contributed by atoms with Crippen LogP contribution in [0, 0.1) is 0 Å². The van der Waals surface area contributed by atoms with Gasteiger partial charge in [0.25, 0.3) is 0 Å². The second kappa shape index (κ2) is 7.43. The maximum absolute atomic E-state index is 11.8. The molecule has 2 rings (SSSR count). The third kappa shape index (κ3) is 4.44. The first kappa shape index (κ1) is 15.8. The Morgan fingerprint density at radius 1 is 1.19 bits per heavy atom. The van der Waals surface area contributed by atoms with Gasteiger partial charge in [0.1, 0.15) is 0 Å².